The zero-order chi connectivity index (χ0) is 12.8. The summed E-state index contributed by atoms with van der Waals surface area (Å²) in [6.45, 7) is 2.30. The zero-order valence-electron chi connectivity index (χ0n) is 9.63. The Hall–Kier alpha value is -1.96. The Morgan fingerprint density at radius 1 is 1.53 bits per heavy atom. The monoisotopic (exact) mass is 242 g/mol. The number of methoxy groups -OCH3 is 1. The lowest BCUT2D eigenvalue weighted by Gasteiger charge is -2.05. The summed E-state index contributed by atoms with van der Waals surface area (Å²) in [5.41, 5.74) is 0.203. The number of aromatic nitrogens is 3. The first-order chi connectivity index (χ1) is 8.06. The maximum atomic E-state index is 11.4. The minimum Gasteiger partial charge on any atom is -0.476 e. The van der Waals surface area contributed by atoms with E-state index in [-0.39, 0.29) is 18.1 Å². The van der Waals surface area contributed by atoms with E-state index in [4.69, 9.17) is 9.84 Å². The van der Waals surface area contributed by atoms with Gasteiger partial charge in [-0.3, -0.25) is 4.79 Å². The van der Waals surface area contributed by atoms with Crippen molar-refractivity contribution in [1.29, 1.82) is 0 Å². The molecule has 0 aliphatic carbocycles. The van der Waals surface area contributed by atoms with Crippen LogP contribution in [0.5, 0.6) is 0 Å². The van der Waals surface area contributed by atoms with E-state index in [0.717, 1.165) is 0 Å². The van der Waals surface area contributed by atoms with Gasteiger partial charge in [-0.1, -0.05) is 5.21 Å². The summed E-state index contributed by atoms with van der Waals surface area (Å²) >= 11 is 0. The van der Waals surface area contributed by atoms with Gasteiger partial charge in [-0.05, 0) is 6.92 Å². The molecule has 0 spiro atoms. The molecule has 8 heteroatoms. The summed E-state index contributed by atoms with van der Waals surface area (Å²) in [5.74, 6) is -1.43. The van der Waals surface area contributed by atoms with Crippen molar-refractivity contribution in [3.63, 3.8) is 0 Å². The minimum atomic E-state index is -1.16. The summed E-state index contributed by atoms with van der Waals surface area (Å²) in [7, 11) is 1.53. The van der Waals surface area contributed by atoms with Crippen LogP contribution in [0, 0.1) is 6.92 Å². The van der Waals surface area contributed by atoms with Crippen LogP contribution in [0.2, 0.25) is 0 Å². The highest BCUT2D eigenvalue weighted by atomic mass is 16.5. The minimum absolute atomic E-state index is 0.0597. The van der Waals surface area contributed by atoms with Gasteiger partial charge in [0.1, 0.15) is 6.54 Å². The predicted molar refractivity (Wildman–Crippen MR) is 56.6 cm³/mol. The fourth-order valence-electron chi connectivity index (χ4n) is 1.19. The molecule has 1 amide bonds. The second-order valence-electron chi connectivity index (χ2n) is 3.33. The molecule has 1 heterocycles. The molecule has 17 heavy (non-hydrogen) atoms. The van der Waals surface area contributed by atoms with Crippen LogP contribution in [0.4, 0.5) is 0 Å². The molecule has 1 rings (SSSR count). The average molecular weight is 242 g/mol. The highest BCUT2D eigenvalue weighted by Gasteiger charge is 2.16. The number of nitrogens with zero attached hydrogens (tertiary/aromatic N) is 3. The lowest BCUT2D eigenvalue weighted by Crippen LogP contribution is -2.31. The van der Waals surface area contributed by atoms with Gasteiger partial charge >= 0.3 is 5.97 Å². The molecular formula is C9H14N4O4. The quantitative estimate of drug-likeness (QED) is 0.623. The Morgan fingerprint density at radius 2 is 2.24 bits per heavy atom. The number of carbonyl (C=O) groups excluding carboxylic acids is 1. The number of nitrogens with one attached hydrogen (secondary N) is 1. The number of carboxylic acid groups (broad SMARTS) is 1. The molecule has 0 atom stereocenters. The number of amides is 1. The Morgan fingerprint density at radius 3 is 2.76 bits per heavy atom. The van der Waals surface area contributed by atoms with E-state index in [1.54, 1.807) is 6.92 Å². The molecule has 0 aliphatic heterocycles. The van der Waals surface area contributed by atoms with E-state index in [9.17, 15) is 9.59 Å². The van der Waals surface area contributed by atoms with E-state index >= 15 is 0 Å². The SMILES string of the molecule is COCCNC(=O)Cn1nnc(C(=O)O)c1C. The van der Waals surface area contributed by atoms with Crippen molar-refractivity contribution in [2.45, 2.75) is 13.5 Å². The van der Waals surface area contributed by atoms with Gasteiger partial charge in [0.2, 0.25) is 5.91 Å². The van der Waals surface area contributed by atoms with E-state index in [2.05, 4.69) is 15.6 Å². The predicted octanol–water partition coefficient (Wildman–Crippen LogP) is -0.953. The van der Waals surface area contributed by atoms with Crippen LogP contribution >= 0.6 is 0 Å². The third-order valence-corrected chi connectivity index (χ3v) is 2.11. The lowest BCUT2D eigenvalue weighted by molar-refractivity contribution is -0.122. The number of rotatable bonds is 6. The van der Waals surface area contributed by atoms with Gasteiger partial charge in [-0.25, -0.2) is 9.48 Å². The smallest absolute Gasteiger partial charge is 0.358 e. The summed E-state index contributed by atoms with van der Waals surface area (Å²) < 4.78 is 6.02. The molecule has 8 nitrogen and oxygen atoms in total. The first-order valence-electron chi connectivity index (χ1n) is 4.95. The standard InChI is InChI=1S/C9H14N4O4/c1-6-8(9(15)16)11-12-13(6)5-7(14)10-3-4-17-2/h3-5H2,1-2H3,(H,10,14)(H,15,16). The first-order valence-corrected chi connectivity index (χ1v) is 4.95. The molecule has 0 aliphatic rings. The molecule has 0 saturated carbocycles. The second-order valence-corrected chi connectivity index (χ2v) is 3.33. The fraction of sp³-hybridized carbons (Fsp3) is 0.556. The molecule has 1 aromatic rings. The maximum absolute atomic E-state index is 11.4. The Bertz CT molecular complexity index is 415. The number of carbonyl (C=O) groups is 2. The largest absolute Gasteiger partial charge is 0.476 e. The summed E-state index contributed by atoms with van der Waals surface area (Å²) in [5, 5.41) is 18.4. The molecule has 94 valence electrons. The van der Waals surface area contributed by atoms with Crippen LogP contribution in [-0.2, 0) is 16.1 Å². The molecule has 0 unspecified atom stereocenters. The molecule has 0 radical (unpaired) electrons. The van der Waals surface area contributed by atoms with Crippen molar-refractivity contribution in [1.82, 2.24) is 20.3 Å². The van der Waals surface area contributed by atoms with Crippen molar-refractivity contribution >= 4 is 11.9 Å². The third kappa shape index (κ3) is 3.52. The van der Waals surface area contributed by atoms with E-state index in [1.165, 1.54) is 11.8 Å². The average Bonchev–Trinajstić information content (AvgIpc) is 2.61. The van der Waals surface area contributed by atoms with Crippen LogP contribution in [0.1, 0.15) is 16.2 Å². The van der Waals surface area contributed by atoms with Gasteiger partial charge in [0, 0.05) is 13.7 Å². The summed E-state index contributed by atoms with van der Waals surface area (Å²) in [6.07, 6.45) is 0. The molecule has 0 saturated heterocycles. The normalized spacial score (nSPS) is 10.2. The molecule has 0 fully saturated rings. The van der Waals surface area contributed by atoms with Crippen molar-refractivity contribution in [3.05, 3.63) is 11.4 Å². The number of aromatic carboxylic acids is 1. The Labute approximate surface area is 97.6 Å². The van der Waals surface area contributed by atoms with E-state index < -0.39 is 5.97 Å². The summed E-state index contributed by atoms with van der Waals surface area (Å²) in [4.78, 5) is 22.1. The van der Waals surface area contributed by atoms with Crippen molar-refractivity contribution < 1.29 is 19.4 Å². The van der Waals surface area contributed by atoms with E-state index in [0.29, 0.717) is 18.8 Å². The fourth-order valence-corrected chi connectivity index (χ4v) is 1.19. The zero-order valence-corrected chi connectivity index (χ0v) is 9.63. The van der Waals surface area contributed by atoms with Crippen LogP contribution in [0.3, 0.4) is 0 Å². The van der Waals surface area contributed by atoms with Gasteiger partial charge in [0.25, 0.3) is 0 Å². The number of carboxylic acids is 1. The van der Waals surface area contributed by atoms with Gasteiger partial charge in [0.15, 0.2) is 5.69 Å². The highest BCUT2D eigenvalue weighted by molar-refractivity contribution is 5.86. The molecule has 0 bridgehead atoms. The Balaban J connectivity index is 2.57. The second kappa shape index (κ2) is 5.94. The van der Waals surface area contributed by atoms with Crippen molar-refractivity contribution in [3.8, 4) is 0 Å². The molecular weight excluding hydrogens is 228 g/mol. The molecule has 1 aromatic heterocycles. The van der Waals surface area contributed by atoms with Gasteiger partial charge in [-0.15, -0.1) is 5.10 Å². The third-order valence-electron chi connectivity index (χ3n) is 2.11. The van der Waals surface area contributed by atoms with Crippen LogP contribution < -0.4 is 5.32 Å². The topological polar surface area (TPSA) is 106 Å². The maximum Gasteiger partial charge on any atom is 0.358 e. The van der Waals surface area contributed by atoms with Gasteiger partial charge in [-0.2, -0.15) is 0 Å². The van der Waals surface area contributed by atoms with Crippen LogP contribution in [0.15, 0.2) is 0 Å². The lowest BCUT2D eigenvalue weighted by atomic mass is 10.3. The summed E-state index contributed by atoms with van der Waals surface area (Å²) in [6, 6.07) is 0. The van der Waals surface area contributed by atoms with E-state index in [1.807, 2.05) is 0 Å². The number of ether oxygens (including phenoxy) is 1. The van der Waals surface area contributed by atoms with Crippen LogP contribution in [0.25, 0.3) is 0 Å². The van der Waals surface area contributed by atoms with Gasteiger partial charge < -0.3 is 15.2 Å². The first kappa shape index (κ1) is 13.1. The van der Waals surface area contributed by atoms with Crippen molar-refractivity contribution in [2.24, 2.45) is 0 Å². The van der Waals surface area contributed by atoms with Crippen LogP contribution in [-0.4, -0.2) is 52.2 Å². The highest BCUT2D eigenvalue weighted by Crippen LogP contribution is 2.02. The molecule has 2 N–H and O–H groups in total. The Kier molecular flexibility index (Phi) is 4.58. The molecule has 0 aromatic carbocycles. The van der Waals surface area contributed by atoms with Crippen molar-refractivity contribution in [2.75, 3.05) is 20.3 Å². The number of hydrogen-bond donors (Lipinski definition) is 2. The number of hydrogen-bond acceptors (Lipinski definition) is 5. The van der Waals surface area contributed by atoms with Gasteiger partial charge in [0.05, 0.1) is 12.3 Å².